The van der Waals surface area contributed by atoms with Gasteiger partial charge >= 0.3 is 5.97 Å². The maximum atomic E-state index is 12.0. The Hall–Kier alpha value is -4.48. The predicted molar refractivity (Wildman–Crippen MR) is 165 cm³/mol. The Balaban J connectivity index is 1.58. The van der Waals surface area contributed by atoms with Crippen LogP contribution in [0, 0.1) is 0 Å². The van der Waals surface area contributed by atoms with Gasteiger partial charge in [0.2, 0.25) is 0 Å². The summed E-state index contributed by atoms with van der Waals surface area (Å²) >= 11 is 0. The van der Waals surface area contributed by atoms with E-state index < -0.39 is 0 Å². The molecule has 4 aromatic carbocycles. The highest BCUT2D eigenvalue weighted by molar-refractivity contribution is 5.89. The van der Waals surface area contributed by atoms with E-state index in [1.165, 1.54) is 18.4 Å². The standard InChI is InChI=1S/C36H37N3O2/c1-3-4-24-39-33(34(30-16-10-6-11-17-30)37-35(39)31-18-12-7-13-19-31)27-38(25-28-14-8-5-9-15-28)26-29-20-22-32(23-21-29)36(40)41-2/h5-23H,3-4,24-27H2,1-2H3. The van der Waals surface area contributed by atoms with Gasteiger partial charge in [-0.15, -0.1) is 0 Å². The van der Waals surface area contributed by atoms with Crippen LogP contribution < -0.4 is 0 Å². The SMILES string of the molecule is CCCCn1c(-c2ccccc2)nc(-c2ccccc2)c1CN(Cc1ccccc1)Cc1ccc(C(=O)OC)cc1. The second-order valence-electron chi connectivity index (χ2n) is 10.3. The summed E-state index contributed by atoms with van der Waals surface area (Å²) in [5, 5.41) is 0. The first kappa shape index (κ1) is 28.1. The number of imidazole rings is 1. The van der Waals surface area contributed by atoms with Gasteiger partial charge in [0.05, 0.1) is 24.1 Å². The summed E-state index contributed by atoms with van der Waals surface area (Å²) in [4.78, 5) is 19.8. The third kappa shape index (κ3) is 7.00. The number of hydrogen-bond acceptors (Lipinski definition) is 4. The number of esters is 1. The zero-order chi connectivity index (χ0) is 28.4. The first-order chi connectivity index (χ1) is 20.2. The van der Waals surface area contributed by atoms with E-state index in [0.29, 0.717) is 5.56 Å². The lowest BCUT2D eigenvalue weighted by Gasteiger charge is -2.25. The molecule has 1 heterocycles. The molecule has 0 spiro atoms. The van der Waals surface area contributed by atoms with Gasteiger partial charge in [0.25, 0.3) is 0 Å². The van der Waals surface area contributed by atoms with Gasteiger partial charge in [0, 0.05) is 37.3 Å². The number of aromatic nitrogens is 2. The highest BCUT2D eigenvalue weighted by Gasteiger charge is 2.22. The van der Waals surface area contributed by atoms with Crippen LogP contribution in [0.3, 0.4) is 0 Å². The summed E-state index contributed by atoms with van der Waals surface area (Å²) in [6.07, 6.45) is 2.18. The molecule has 0 aliphatic heterocycles. The molecule has 0 saturated carbocycles. The summed E-state index contributed by atoms with van der Waals surface area (Å²) in [7, 11) is 1.41. The highest BCUT2D eigenvalue weighted by atomic mass is 16.5. The van der Waals surface area contributed by atoms with Crippen LogP contribution in [0.25, 0.3) is 22.6 Å². The topological polar surface area (TPSA) is 47.4 Å². The predicted octanol–water partition coefficient (Wildman–Crippen LogP) is 8.01. The second kappa shape index (κ2) is 13.7. The van der Waals surface area contributed by atoms with Crippen LogP contribution in [-0.4, -0.2) is 27.5 Å². The summed E-state index contributed by atoms with van der Waals surface area (Å²) in [6, 6.07) is 39.3. The molecule has 0 atom stereocenters. The number of hydrogen-bond donors (Lipinski definition) is 0. The van der Waals surface area contributed by atoms with Gasteiger partial charge in [0.15, 0.2) is 0 Å². The number of carbonyl (C=O) groups is 1. The first-order valence-electron chi connectivity index (χ1n) is 14.3. The number of ether oxygens (including phenoxy) is 1. The van der Waals surface area contributed by atoms with Crippen LogP contribution in [0.15, 0.2) is 115 Å². The molecule has 5 rings (SSSR count). The van der Waals surface area contributed by atoms with Gasteiger partial charge in [-0.25, -0.2) is 9.78 Å². The average Bonchev–Trinajstić information content (AvgIpc) is 3.39. The maximum absolute atomic E-state index is 12.0. The Morgan fingerprint density at radius 1 is 0.732 bits per heavy atom. The van der Waals surface area contributed by atoms with E-state index in [-0.39, 0.29) is 5.97 Å². The Morgan fingerprint density at radius 3 is 1.88 bits per heavy atom. The summed E-state index contributed by atoms with van der Waals surface area (Å²) in [6.45, 7) is 5.37. The van der Waals surface area contributed by atoms with Crippen LogP contribution in [0.5, 0.6) is 0 Å². The van der Waals surface area contributed by atoms with E-state index in [0.717, 1.165) is 67.2 Å². The largest absolute Gasteiger partial charge is 0.465 e. The van der Waals surface area contributed by atoms with Gasteiger partial charge in [-0.1, -0.05) is 116 Å². The zero-order valence-electron chi connectivity index (χ0n) is 23.9. The fourth-order valence-corrected chi connectivity index (χ4v) is 5.18. The maximum Gasteiger partial charge on any atom is 0.337 e. The zero-order valence-corrected chi connectivity index (χ0v) is 23.9. The average molecular weight is 544 g/mol. The molecular weight excluding hydrogens is 506 g/mol. The molecule has 0 saturated heterocycles. The van der Waals surface area contributed by atoms with Gasteiger partial charge in [-0.3, -0.25) is 4.90 Å². The van der Waals surface area contributed by atoms with Crippen molar-refractivity contribution in [2.75, 3.05) is 7.11 Å². The lowest BCUT2D eigenvalue weighted by molar-refractivity contribution is 0.0600. The number of methoxy groups -OCH3 is 1. The molecule has 0 bridgehead atoms. The van der Waals surface area contributed by atoms with Gasteiger partial charge in [0.1, 0.15) is 5.82 Å². The first-order valence-corrected chi connectivity index (χ1v) is 14.3. The van der Waals surface area contributed by atoms with Crippen molar-refractivity contribution in [2.45, 2.75) is 45.9 Å². The Morgan fingerprint density at radius 2 is 1.29 bits per heavy atom. The van der Waals surface area contributed by atoms with E-state index in [1.54, 1.807) is 0 Å². The highest BCUT2D eigenvalue weighted by Crippen LogP contribution is 2.31. The molecule has 0 aliphatic carbocycles. The molecule has 5 heteroatoms. The van der Waals surface area contributed by atoms with Crippen molar-refractivity contribution < 1.29 is 9.53 Å². The van der Waals surface area contributed by atoms with Crippen molar-refractivity contribution in [1.82, 2.24) is 14.5 Å². The van der Waals surface area contributed by atoms with Crippen molar-refractivity contribution in [3.8, 4) is 22.6 Å². The van der Waals surface area contributed by atoms with Crippen LogP contribution >= 0.6 is 0 Å². The minimum Gasteiger partial charge on any atom is -0.465 e. The van der Waals surface area contributed by atoms with Gasteiger partial charge < -0.3 is 9.30 Å². The second-order valence-corrected chi connectivity index (χ2v) is 10.3. The fourth-order valence-electron chi connectivity index (χ4n) is 5.18. The molecule has 0 N–H and O–H groups in total. The lowest BCUT2D eigenvalue weighted by Crippen LogP contribution is -2.24. The van der Waals surface area contributed by atoms with Crippen LogP contribution in [-0.2, 0) is 30.9 Å². The molecule has 208 valence electrons. The van der Waals surface area contributed by atoms with E-state index in [2.05, 4.69) is 107 Å². The number of rotatable bonds is 12. The molecule has 5 aromatic rings. The van der Waals surface area contributed by atoms with E-state index in [9.17, 15) is 4.79 Å². The third-order valence-electron chi connectivity index (χ3n) is 7.29. The summed E-state index contributed by atoms with van der Waals surface area (Å²) in [5.41, 5.74) is 7.44. The Labute approximate surface area is 243 Å². The lowest BCUT2D eigenvalue weighted by atomic mass is 10.1. The quantitative estimate of drug-likeness (QED) is 0.150. The minimum absolute atomic E-state index is 0.321. The van der Waals surface area contributed by atoms with Crippen molar-refractivity contribution >= 4 is 5.97 Å². The molecular formula is C36H37N3O2. The normalized spacial score (nSPS) is 11.1. The Kier molecular flexibility index (Phi) is 9.40. The molecule has 0 aliphatic rings. The molecule has 41 heavy (non-hydrogen) atoms. The monoisotopic (exact) mass is 543 g/mol. The molecule has 0 amide bonds. The number of unbranched alkanes of at least 4 members (excludes halogenated alkanes) is 1. The molecule has 5 nitrogen and oxygen atoms in total. The molecule has 0 radical (unpaired) electrons. The van der Waals surface area contributed by atoms with Crippen molar-refractivity contribution in [1.29, 1.82) is 0 Å². The van der Waals surface area contributed by atoms with Gasteiger partial charge in [-0.2, -0.15) is 0 Å². The molecule has 1 aromatic heterocycles. The van der Waals surface area contributed by atoms with E-state index in [1.807, 2.05) is 24.3 Å². The summed E-state index contributed by atoms with van der Waals surface area (Å²) < 4.78 is 7.33. The van der Waals surface area contributed by atoms with Crippen molar-refractivity contribution in [3.05, 3.63) is 138 Å². The third-order valence-corrected chi connectivity index (χ3v) is 7.29. The summed E-state index contributed by atoms with van der Waals surface area (Å²) in [5.74, 6) is 0.688. The van der Waals surface area contributed by atoms with Crippen molar-refractivity contribution in [3.63, 3.8) is 0 Å². The van der Waals surface area contributed by atoms with Gasteiger partial charge in [-0.05, 0) is 29.7 Å². The Bertz CT molecular complexity index is 1530. The smallest absolute Gasteiger partial charge is 0.337 e. The number of nitrogens with zero attached hydrogens (tertiary/aromatic N) is 3. The van der Waals surface area contributed by atoms with E-state index >= 15 is 0 Å². The van der Waals surface area contributed by atoms with Crippen molar-refractivity contribution in [2.24, 2.45) is 0 Å². The van der Waals surface area contributed by atoms with Crippen LogP contribution in [0.2, 0.25) is 0 Å². The number of carbonyl (C=O) groups excluding carboxylic acids is 1. The minimum atomic E-state index is -0.321. The molecule has 0 unspecified atom stereocenters. The van der Waals surface area contributed by atoms with Crippen LogP contribution in [0.4, 0.5) is 0 Å². The van der Waals surface area contributed by atoms with E-state index in [4.69, 9.17) is 9.72 Å². The van der Waals surface area contributed by atoms with Crippen LogP contribution in [0.1, 0.15) is 46.9 Å². The molecule has 0 fully saturated rings. The number of benzene rings is 4. The fraction of sp³-hybridized carbons (Fsp3) is 0.222.